The number of carbonyl (C=O) groups excluding carboxylic acids is 2. The second kappa shape index (κ2) is 10.2. The fraction of sp³-hybridized carbons (Fsp3) is 0.304. The van der Waals surface area contributed by atoms with Crippen molar-refractivity contribution < 1.29 is 14.3 Å². The van der Waals surface area contributed by atoms with Crippen molar-refractivity contribution in [1.29, 1.82) is 0 Å². The molecule has 0 aliphatic carbocycles. The predicted octanol–water partition coefficient (Wildman–Crippen LogP) is 4.17. The summed E-state index contributed by atoms with van der Waals surface area (Å²) in [4.78, 5) is 25.5. The number of amides is 2. The summed E-state index contributed by atoms with van der Waals surface area (Å²) in [5, 5.41) is 14.9. The van der Waals surface area contributed by atoms with Gasteiger partial charge in [-0.05, 0) is 54.3 Å². The molecule has 1 heterocycles. The van der Waals surface area contributed by atoms with Crippen LogP contribution < -0.4 is 15.4 Å². The standard InChI is InChI=1S/C23H26N4O3S/c1-5-15-6-8-16(9-7-15)20(28)24-19(14(2)3)21(29)25-23-27-26-22(31-23)17-10-12-18(30-4)13-11-17/h6-14,19H,5H2,1-4H3,(H,24,28)(H,25,27,29). The quantitative estimate of drug-likeness (QED) is 0.551. The number of carbonyl (C=O) groups is 2. The van der Waals surface area contributed by atoms with Crippen LogP contribution in [0, 0.1) is 5.92 Å². The summed E-state index contributed by atoms with van der Waals surface area (Å²) in [6.07, 6.45) is 0.902. The molecule has 2 aromatic carbocycles. The van der Waals surface area contributed by atoms with Gasteiger partial charge in [0.25, 0.3) is 5.91 Å². The van der Waals surface area contributed by atoms with Gasteiger partial charge in [0.05, 0.1) is 7.11 Å². The number of methoxy groups -OCH3 is 1. The molecule has 2 amide bonds. The Morgan fingerprint density at radius 2 is 1.71 bits per heavy atom. The molecule has 3 rings (SSSR count). The molecular weight excluding hydrogens is 412 g/mol. The van der Waals surface area contributed by atoms with Gasteiger partial charge >= 0.3 is 0 Å². The maximum atomic E-state index is 12.8. The molecule has 8 heteroatoms. The van der Waals surface area contributed by atoms with Gasteiger partial charge in [0.2, 0.25) is 11.0 Å². The van der Waals surface area contributed by atoms with Crippen LogP contribution in [0.3, 0.4) is 0 Å². The summed E-state index contributed by atoms with van der Waals surface area (Å²) < 4.78 is 5.16. The number of anilines is 1. The van der Waals surface area contributed by atoms with Gasteiger partial charge in [-0.3, -0.25) is 14.9 Å². The zero-order valence-corrected chi connectivity index (χ0v) is 18.8. The normalized spacial score (nSPS) is 11.8. The molecule has 0 saturated heterocycles. The lowest BCUT2D eigenvalue weighted by molar-refractivity contribution is -0.118. The van der Waals surface area contributed by atoms with Gasteiger partial charge < -0.3 is 10.1 Å². The Kier molecular flexibility index (Phi) is 7.36. The molecule has 0 radical (unpaired) electrons. The first kappa shape index (κ1) is 22.4. The predicted molar refractivity (Wildman–Crippen MR) is 122 cm³/mol. The molecule has 2 N–H and O–H groups in total. The van der Waals surface area contributed by atoms with Gasteiger partial charge in [-0.2, -0.15) is 0 Å². The monoisotopic (exact) mass is 438 g/mol. The molecule has 162 valence electrons. The Hall–Kier alpha value is -3.26. The number of benzene rings is 2. The SMILES string of the molecule is CCc1ccc(C(=O)NC(C(=O)Nc2nnc(-c3ccc(OC)cc3)s2)C(C)C)cc1. The van der Waals surface area contributed by atoms with E-state index < -0.39 is 6.04 Å². The van der Waals surface area contributed by atoms with Crippen molar-refractivity contribution in [3.05, 3.63) is 59.7 Å². The minimum atomic E-state index is -0.702. The number of aryl methyl sites for hydroxylation is 1. The molecule has 7 nitrogen and oxygen atoms in total. The molecule has 1 unspecified atom stereocenters. The number of nitrogens with zero attached hydrogens (tertiary/aromatic N) is 2. The van der Waals surface area contributed by atoms with Crippen LogP contribution in [0.5, 0.6) is 5.75 Å². The lowest BCUT2D eigenvalue weighted by atomic mass is 10.0. The average Bonchev–Trinajstić information content (AvgIpc) is 3.25. The fourth-order valence-corrected chi connectivity index (χ4v) is 3.71. The van der Waals surface area contributed by atoms with Gasteiger partial charge in [0.15, 0.2) is 0 Å². The van der Waals surface area contributed by atoms with E-state index in [2.05, 4.69) is 27.8 Å². The highest BCUT2D eigenvalue weighted by Crippen LogP contribution is 2.28. The Morgan fingerprint density at radius 3 is 2.29 bits per heavy atom. The fourth-order valence-electron chi connectivity index (χ4n) is 2.96. The summed E-state index contributed by atoms with van der Waals surface area (Å²) in [6.45, 7) is 5.82. The zero-order valence-electron chi connectivity index (χ0n) is 18.0. The first-order valence-corrected chi connectivity index (χ1v) is 10.9. The largest absolute Gasteiger partial charge is 0.497 e. The van der Waals surface area contributed by atoms with Crippen LogP contribution in [0.25, 0.3) is 10.6 Å². The van der Waals surface area contributed by atoms with Gasteiger partial charge in [-0.25, -0.2) is 0 Å². The van der Waals surface area contributed by atoms with Crippen LogP contribution in [0.4, 0.5) is 5.13 Å². The summed E-state index contributed by atoms with van der Waals surface area (Å²) in [5.41, 5.74) is 2.55. The molecule has 31 heavy (non-hydrogen) atoms. The smallest absolute Gasteiger partial charge is 0.251 e. The van der Waals surface area contributed by atoms with Crippen LogP contribution in [0.2, 0.25) is 0 Å². The topological polar surface area (TPSA) is 93.2 Å². The number of ether oxygens (including phenoxy) is 1. The molecule has 0 aliphatic rings. The third-order valence-corrected chi connectivity index (χ3v) is 5.74. The number of nitrogens with one attached hydrogen (secondary N) is 2. The van der Waals surface area contributed by atoms with Gasteiger partial charge in [0, 0.05) is 11.1 Å². The van der Waals surface area contributed by atoms with Crippen molar-refractivity contribution in [1.82, 2.24) is 15.5 Å². The highest BCUT2D eigenvalue weighted by Gasteiger charge is 2.25. The summed E-state index contributed by atoms with van der Waals surface area (Å²) in [5.74, 6) is 0.0353. The molecule has 0 bridgehead atoms. The number of rotatable bonds is 8. The molecule has 0 saturated carbocycles. The molecule has 1 aromatic heterocycles. The Bertz CT molecular complexity index is 1030. The zero-order chi connectivity index (χ0) is 22.4. The van der Waals surface area contributed by atoms with Crippen molar-refractivity contribution in [3.63, 3.8) is 0 Å². The third kappa shape index (κ3) is 5.67. The Labute approximate surface area is 185 Å². The summed E-state index contributed by atoms with van der Waals surface area (Å²) in [6, 6.07) is 14.1. The van der Waals surface area contributed by atoms with Crippen molar-refractivity contribution in [3.8, 4) is 16.3 Å². The van der Waals surface area contributed by atoms with E-state index in [1.807, 2.05) is 50.2 Å². The van der Waals surface area contributed by atoms with Crippen LogP contribution in [-0.4, -0.2) is 35.2 Å². The van der Waals surface area contributed by atoms with E-state index in [0.29, 0.717) is 15.7 Å². The molecule has 0 aliphatic heterocycles. The molecular formula is C23H26N4O3S. The van der Waals surface area contributed by atoms with Crippen LogP contribution in [-0.2, 0) is 11.2 Å². The van der Waals surface area contributed by atoms with E-state index in [9.17, 15) is 9.59 Å². The third-order valence-electron chi connectivity index (χ3n) is 4.85. The van der Waals surface area contributed by atoms with E-state index >= 15 is 0 Å². The first-order chi connectivity index (χ1) is 14.9. The van der Waals surface area contributed by atoms with Crippen LogP contribution in [0.15, 0.2) is 48.5 Å². The maximum absolute atomic E-state index is 12.8. The van der Waals surface area contributed by atoms with Crippen molar-refractivity contribution in [2.75, 3.05) is 12.4 Å². The van der Waals surface area contributed by atoms with E-state index in [1.165, 1.54) is 11.3 Å². The van der Waals surface area contributed by atoms with Crippen LogP contribution >= 0.6 is 11.3 Å². The molecule has 0 fully saturated rings. The van der Waals surface area contributed by atoms with E-state index in [0.717, 1.165) is 23.3 Å². The van der Waals surface area contributed by atoms with Crippen molar-refractivity contribution >= 4 is 28.3 Å². The second-order valence-corrected chi connectivity index (χ2v) is 8.35. The van der Waals surface area contributed by atoms with E-state index in [-0.39, 0.29) is 17.7 Å². The van der Waals surface area contributed by atoms with Crippen LogP contribution in [0.1, 0.15) is 36.7 Å². The number of hydrogen-bond donors (Lipinski definition) is 2. The average molecular weight is 439 g/mol. The number of aromatic nitrogens is 2. The van der Waals surface area contributed by atoms with Gasteiger partial charge in [-0.1, -0.05) is 44.2 Å². The summed E-state index contributed by atoms with van der Waals surface area (Å²) >= 11 is 1.27. The lowest BCUT2D eigenvalue weighted by Gasteiger charge is -2.21. The number of hydrogen-bond acceptors (Lipinski definition) is 6. The molecule has 1 atom stereocenters. The summed E-state index contributed by atoms with van der Waals surface area (Å²) in [7, 11) is 1.61. The van der Waals surface area contributed by atoms with Gasteiger partial charge in [-0.15, -0.1) is 10.2 Å². The van der Waals surface area contributed by atoms with Crippen molar-refractivity contribution in [2.45, 2.75) is 33.2 Å². The van der Waals surface area contributed by atoms with E-state index in [4.69, 9.17) is 4.74 Å². The lowest BCUT2D eigenvalue weighted by Crippen LogP contribution is -2.47. The highest BCUT2D eigenvalue weighted by molar-refractivity contribution is 7.18. The maximum Gasteiger partial charge on any atom is 0.251 e. The minimum absolute atomic E-state index is 0.104. The highest BCUT2D eigenvalue weighted by atomic mass is 32.1. The Balaban J connectivity index is 1.67. The second-order valence-electron chi connectivity index (χ2n) is 7.38. The van der Waals surface area contributed by atoms with Gasteiger partial charge in [0.1, 0.15) is 16.8 Å². The Morgan fingerprint density at radius 1 is 1.03 bits per heavy atom. The van der Waals surface area contributed by atoms with E-state index in [1.54, 1.807) is 19.2 Å². The minimum Gasteiger partial charge on any atom is -0.497 e. The molecule has 3 aromatic rings. The van der Waals surface area contributed by atoms with Crippen molar-refractivity contribution in [2.24, 2.45) is 5.92 Å². The first-order valence-electron chi connectivity index (χ1n) is 10.1. The molecule has 0 spiro atoms.